The Kier molecular flexibility index (Phi) is 4.77. The molecule has 2 bridgehead atoms. The standard InChI is InChI=1S/C22H30O3Si/c1-26(2,3)14-13-18-9-11-20(12-10-18)22-23-15-21(16-24-22,17-25-22)19-7-5-4-6-8-19/h9-12,19H,4-8,15-17H2,1-3H3. The number of hydrogen-bond acceptors (Lipinski definition) is 3. The third kappa shape index (κ3) is 3.51. The minimum atomic E-state index is -1.36. The van der Waals surface area contributed by atoms with Crippen LogP contribution in [0, 0.1) is 22.8 Å². The smallest absolute Gasteiger partial charge is 0.312 e. The molecule has 1 saturated carbocycles. The van der Waals surface area contributed by atoms with Crippen molar-refractivity contribution in [2.24, 2.45) is 11.3 Å². The minimum absolute atomic E-state index is 0.0604. The predicted octanol–water partition coefficient (Wildman–Crippen LogP) is 4.67. The van der Waals surface area contributed by atoms with Crippen LogP contribution >= 0.6 is 0 Å². The molecule has 0 atom stereocenters. The summed E-state index contributed by atoms with van der Waals surface area (Å²) in [6.45, 7) is 9.00. The highest BCUT2D eigenvalue weighted by Gasteiger charge is 2.56. The lowest BCUT2D eigenvalue weighted by Crippen LogP contribution is -2.61. The zero-order valence-electron chi connectivity index (χ0n) is 16.3. The van der Waals surface area contributed by atoms with E-state index in [0.29, 0.717) is 5.92 Å². The second-order valence-electron chi connectivity index (χ2n) is 9.20. The molecule has 0 amide bonds. The minimum Gasteiger partial charge on any atom is -0.323 e. The third-order valence-electron chi connectivity index (χ3n) is 5.94. The maximum atomic E-state index is 6.19. The average molecular weight is 371 g/mol. The van der Waals surface area contributed by atoms with Crippen molar-refractivity contribution in [2.75, 3.05) is 19.8 Å². The summed E-state index contributed by atoms with van der Waals surface area (Å²) in [5.74, 6) is 2.96. The third-order valence-corrected chi connectivity index (χ3v) is 6.82. The van der Waals surface area contributed by atoms with Gasteiger partial charge in [-0.1, -0.05) is 44.8 Å². The summed E-state index contributed by atoms with van der Waals surface area (Å²) < 4.78 is 18.6. The summed E-state index contributed by atoms with van der Waals surface area (Å²) in [4.78, 5) is 0. The molecule has 0 aromatic heterocycles. The van der Waals surface area contributed by atoms with Crippen LogP contribution in [-0.2, 0) is 20.2 Å². The van der Waals surface area contributed by atoms with Gasteiger partial charge in [0.25, 0.3) is 0 Å². The Morgan fingerprint density at radius 2 is 1.46 bits per heavy atom. The Hall–Kier alpha value is -1.12. The molecule has 26 heavy (non-hydrogen) atoms. The largest absolute Gasteiger partial charge is 0.323 e. The van der Waals surface area contributed by atoms with Gasteiger partial charge in [0.05, 0.1) is 19.8 Å². The van der Waals surface area contributed by atoms with Crippen molar-refractivity contribution in [3.63, 3.8) is 0 Å². The Balaban J connectivity index is 1.47. The summed E-state index contributed by atoms with van der Waals surface area (Å²) >= 11 is 0. The molecule has 4 aliphatic rings. The van der Waals surface area contributed by atoms with Crippen LogP contribution in [0.1, 0.15) is 43.2 Å². The van der Waals surface area contributed by atoms with Gasteiger partial charge in [0.2, 0.25) is 0 Å². The second-order valence-corrected chi connectivity index (χ2v) is 13.9. The molecule has 4 heteroatoms. The summed E-state index contributed by atoms with van der Waals surface area (Å²) in [7, 11) is -1.36. The average Bonchev–Trinajstić information content (AvgIpc) is 2.68. The SMILES string of the molecule is C[Si](C)(C)C#Cc1ccc(C23OCC(C4CCCCC4)(CO2)CO3)cc1. The molecule has 3 nitrogen and oxygen atoms in total. The summed E-state index contributed by atoms with van der Waals surface area (Å²) in [6.07, 6.45) is 6.60. The number of benzene rings is 1. The predicted molar refractivity (Wildman–Crippen MR) is 105 cm³/mol. The summed E-state index contributed by atoms with van der Waals surface area (Å²) in [5, 5.41) is 0. The van der Waals surface area contributed by atoms with Crippen molar-refractivity contribution in [1.29, 1.82) is 0 Å². The number of rotatable bonds is 2. The molecule has 1 aromatic rings. The van der Waals surface area contributed by atoms with E-state index in [9.17, 15) is 0 Å². The molecular formula is C22H30O3Si. The van der Waals surface area contributed by atoms with E-state index >= 15 is 0 Å². The quantitative estimate of drug-likeness (QED) is 0.559. The van der Waals surface area contributed by atoms with Crippen LogP contribution in [0.3, 0.4) is 0 Å². The molecule has 3 aliphatic heterocycles. The normalized spacial score (nSPS) is 32.1. The molecular weight excluding hydrogens is 340 g/mol. The molecule has 140 valence electrons. The van der Waals surface area contributed by atoms with Gasteiger partial charge < -0.3 is 14.2 Å². The van der Waals surface area contributed by atoms with Crippen LogP contribution in [0.5, 0.6) is 0 Å². The lowest BCUT2D eigenvalue weighted by Gasteiger charge is -2.55. The Bertz CT molecular complexity index is 677. The van der Waals surface area contributed by atoms with Crippen molar-refractivity contribution >= 4 is 8.07 Å². The summed E-state index contributed by atoms with van der Waals surface area (Å²) in [6, 6.07) is 8.16. The first-order chi connectivity index (χ1) is 12.4. The van der Waals surface area contributed by atoms with E-state index in [4.69, 9.17) is 14.2 Å². The molecule has 5 rings (SSSR count). The molecule has 3 heterocycles. The molecule has 0 spiro atoms. The van der Waals surface area contributed by atoms with E-state index in [1.54, 1.807) is 0 Å². The molecule has 1 aromatic carbocycles. The van der Waals surface area contributed by atoms with Crippen LogP contribution in [0.4, 0.5) is 0 Å². The first kappa shape index (κ1) is 18.2. The lowest BCUT2D eigenvalue weighted by atomic mass is 9.69. The number of fused-ring (bicyclic) bond motifs is 3. The Labute approximate surface area is 158 Å². The van der Waals surface area contributed by atoms with Crippen LogP contribution in [0.2, 0.25) is 19.6 Å². The molecule has 4 fully saturated rings. The van der Waals surface area contributed by atoms with Crippen LogP contribution in [-0.4, -0.2) is 27.9 Å². The van der Waals surface area contributed by atoms with Gasteiger partial charge in [0.15, 0.2) is 0 Å². The van der Waals surface area contributed by atoms with Crippen LogP contribution in [0.25, 0.3) is 0 Å². The topological polar surface area (TPSA) is 27.7 Å². The Morgan fingerprint density at radius 3 is 2.00 bits per heavy atom. The fourth-order valence-electron chi connectivity index (χ4n) is 4.30. The fraction of sp³-hybridized carbons (Fsp3) is 0.636. The molecule has 3 saturated heterocycles. The van der Waals surface area contributed by atoms with Gasteiger partial charge >= 0.3 is 5.97 Å². The van der Waals surface area contributed by atoms with Gasteiger partial charge in [0.1, 0.15) is 8.07 Å². The fourth-order valence-corrected chi connectivity index (χ4v) is 4.82. The van der Waals surface area contributed by atoms with Crippen molar-refractivity contribution in [1.82, 2.24) is 0 Å². The first-order valence-corrected chi connectivity index (χ1v) is 13.5. The van der Waals surface area contributed by atoms with Gasteiger partial charge in [-0.25, -0.2) is 0 Å². The molecule has 0 unspecified atom stereocenters. The Morgan fingerprint density at radius 1 is 0.885 bits per heavy atom. The van der Waals surface area contributed by atoms with E-state index in [0.717, 1.165) is 30.9 Å². The highest BCUT2D eigenvalue weighted by Crippen LogP contribution is 2.50. The monoisotopic (exact) mass is 370 g/mol. The van der Waals surface area contributed by atoms with E-state index in [2.05, 4.69) is 31.1 Å². The first-order valence-electron chi connectivity index (χ1n) is 9.97. The molecule has 0 N–H and O–H groups in total. The number of ether oxygens (including phenoxy) is 3. The lowest BCUT2D eigenvalue weighted by molar-refractivity contribution is -0.486. The van der Waals surface area contributed by atoms with Gasteiger partial charge in [-0.3, -0.25) is 0 Å². The maximum absolute atomic E-state index is 6.19. The molecule has 1 aliphatic carbocycles. The number of hydrogen-bond donors (Lipinski definition) is 0. The van der Waals surface area contributed by atoms with Crippen molar-refractivity contribution in [2.45, 2.75) is 57.7 Å². The van der Waals surface area contributed by atoms with Gasteiger partial charge in [-0.05, 0) is 43.0 Å². The van der Waals surface area contributed by atoms with Gasteiger partial charge in [-0.2, -0.15) is 0 Å². The van der Waals surface area contributed by atoms with Gasteiger partial charge in [0, 0.05) is 16.5 Å². The van der Waals surface area contributed by atoms with Crippen LogP contribution in [0.15, 0.2) is 24.3 Å². The van der Waals surface area contributed by atoms with Crippen molar-refractivity contribution < 1.29 is 14.2 Å². The van der Waals surface area contributed by atoms with E-state index in [1.807, 2.05) is 24.3 Å². The summed E-state index contributed by atoms with van der Waals surface area (Å²) in [5.41, 5.74) is 5.44. The maximum Gasteiger partial charge on any atom is 0.312 e. The van der Waals surface area contributed by atoms with E-state index in [1.165, 1.54) is 32.1 Å². The van der Waals surface area contributed by atoms with E-state index in [-0.39, 0.29) is 5.41 Å². The van der Waals surface area contributed by atoms with Gasteiger partial charge in [-0.15, -0.1) is 5.54 Å². The highest BCUT2D eigenvalue weighted by molar-refractivity contribution is 6.83. The van der Waals surface area contributed by atoms with Crippen molar-refractivity contribution in [3.8, 4) is 11.5 Å². The highest BCUT2D eigenvalue weighted by atomic mass is 28.3. The van der Waals surface area contributed by atoms with Crippen molar-refractivity contribution in [3.05, 3.63) is 35.4 Å². The van der Waals surface area contributed by atoms with Crippen LogP contribution < -0.4 is 0 Å². The second kappa shape index (κ2) is 6.80. The molecule has 0 radical (unpaired) electrons. The zero-order chi connectivity index (χ0) is 18.3. The van der Waals surface area contributed by atoms with E-state index < -0.39 is 14.0 Å². The zero-order valence-corrected chi connectivity index (χ0v) is 17.3.